The van der Waals surface area contributed by atoms with E-state index in [0.717, 1.165) is 18.4 Å². The van der Waals surface area contributed by atoms with Crippen LogP contribution in [0, 0.1) is 5.92 Å². The zero-order chi connectivity index (χ0) is 13.8. The summed E-state index contributed by atoms with van der Waals surface area (Å²) in [7, 11) is 1.35. The van der Waals surface area contributed by atoms with E-state index in [0.29, 0.717) is 11.5 Å². The molecule has 5 heteroatoms. The van der Waals surface area contributed by atoms with E-state index in [4.69, 9.17) is 5.73 Å². The van der Waals surface area contributed by atoms with Crippen LogP contribution in [0.3, 0.4) is 0 Å². The summed E-state index contributed by atoms with van der Waals surface area (Å²) < 4.78 is 4.65. The molecule has 4 nitrogen and oxygen atoms in total. The second-order valence-electron chi connectivity index (χ2n) is 5.17. The summed E-state index contributed by atoms with van der Waals surface area (Å²) in [5.74, 6) is -0.0632. The first-order valence-electron chi connectivity index (χ1n) is 6.75. The van der Waals surface area contributed by atoms with Gasteiger partial charge in [0.05, 0.1) is 24.8 Å². The molecule has 0 heterocycles. The SMILES string of the molecule is COC(=O)c1ccc([C@H](N)[C@H](O)C2CCCC2)cc1.Cl. The van der Waals surface area contributed by atoms with Gasteiger partial charge in [-0.25, -0.2) is 4.79 Å². The Morgan fingerprint density at radius 2 is 1.85 bits per heavy atom. The van der Waals surface area contributed by atoms with Gasteiger partial charge < -0.3 is 15.6 Å². The van der Waals surface area contributed by atoms with E-state index in [2.05, 4.69) is 4.74 Å². The molecule has 0 saturated heterocycles. The van der Waals surface area contributed by atoms with Gasteiger partial charge in [-0.3, -0.25) is 0 Å². The zero-order valence-corrected chi connectivity index (χ0v) is 12.4. The van der Waals surface area contributed by atoms with Gasteiger partial charge in [-0.2, -0.15) is 0 Å². The van der Waals surface area contributed by atoms with E-state index in [-0.39, 0.29) is 18.4 Å². The standard InChI is InChI=1S/C15H21NO3.ClH/c1-19-15(18)12-8-6-10(7-9-12)13(16)14(17)11-4-2-3-5-11;/h6-9,11,13-14,17H,2-5,16H2,1H3;1H/t13-,14+;/m0./s1. The van der Waals surface area contributed by atoms with Crippen LogP contribution in [0.25, 0.3) is 0 Å². The van der Waals surface area contributed by atoms with E-state index >= 15 is 0 Å². The van der Waals surface area contributed by atoms with Gasteiger partial charge in [-0.05, 0) is 36.5 Å². The second-order valence-corrected chi connectivity index (χ2v) is 5.17. The molecule has 0 radical (unpaired) electrons. The van der Waals surface area contributed by atoms with Gasteiger partial charge in [0, 0.05) is 0 Å². The van der Waals surface area contributed by atoms with Crippen LogP contribution in [0.4, 0.5) is 0 Å². The average molecular weight is 300 g/mol. The van der Waals surface area contributed by atoms with Gasteiger partial charge >= 0.3 is 5.97 Å². The van der Waals surface area contributed by atoms with Crippen LogP contribution in [0.5, 0.6) is 0 Å². The van der Waals surface area contributed by atoms with Gasteiger partial charge in [-0.15, -0.1) is 12.4 Å². The van der Waals surface area contributed by atoms with Crippen LogP contribution in [0.1, 0.15) is 47.6 Å². The van der Waals surface area contributed by atoms with E-state index in [1.165, 1.54) is 20.0 Å². The highest BCUT2D eigenvalue weighted by Crippen LogP contribution is 2.32. The van der Waals surface area contributed by atoms with Crippen molar-refractivity contribution >= 4 is 18.4 Å². The smallest absolute Gasteiger partial charge is 0.337 e. The second kappa shape index (κ2) is 7.62. The minimum atomic E-state index is -0.508. The van der Waals surface area contributed by atoms with Crippen molar-refractivity contribution in [2.75, 3.05) is 7.11 Å². The van der Waals surface area contributed by atoms with Crippen LogP contribution in [-0.4, -0.2) is 24.3 Å². The largest absolute Gasteiger partial charge is 0.465 e. The molecule has 0 unspecified atom stereocenters. The molecule has 0 amide bonds. The quantitative estimate of drug-likeness (QED) is 0.838. The number of benzene rings is 1. The van der Waals surface area contributed by atoms with Gasteiger partial charge in [0.15, 0.2) is 0 Å². The number of esters is 1. The Morgan fingerprint density at radius 1 is 1.30 bits per heavy atom. The Hall–Kier alpha value is -1.10. The Balaban J connectivity index is 0.00000200. The fourth-order valence-corrected chi connectivity index (χ4v) is 2.75. The third-order valence-electron chi connectivity index (χ3n) is 3.97. The summed E-state index contributed by atoms with van der Waals surface area (Å²) in [6.45, 7) is 0. The molecule has 1 aromatic rings. The van der Waals surface area contributed by atoms with Crippen molar-refractivity contribution in [1.29, 1.82) is 0 Å². The zero-order valence-electron chi connectivity index (χ0n) is 11.6. The number of carbonyl (C=O) groups is 1. The maximum Gasteiger partial charge on any atom is 0.337 e. The minimum absolute atomic E-state index is 0. The lowest BCUT2D eigenvalue weighted by Crippen LogP contribution is -2.31. The van der Waals surface area contributed by atoms with Gasteiger partial charge in [-0.1, -0.05) is 25.0 Å². The third kappa shape index (κ3) is 3.72. The van der Waals surface area contributed by atoms with Crippen LogP contribution in [0.15, 0.2) is 24.3 Å². The number of ether oxygens (including phenoxy) is 1. The number of rotatable bonds is 4. The molecule has 1 aliphatic rings. The average Bonchev–Trinajstić information content (AvgIpc) is 2.99. The molecular formula is C15H22ClNO3. The summed E-state index contributed by atoms with van der Waals surface area (Å²) >= 11 is 0. The van der Waals surface area contributed by atoms with Crippen LogP contribution in [-0.2, 0) is 4.74 Å². The molecule has 3 N–H and O–H groups in total. The first-order chi connectivity index (χ1) is 9.13. The number of carbonyl (C=O) groups excluding carboxylic acids is 1. The van der Waals surface area contributed by atoms with Crippen molar-refractivity contribution < 1.29 is 14.6 Å². The normalized spacial score (nSPS) is 18.1. The van der Waals surface area contributed by atoms with E-state index in [1.54, 1.807) is 24.3 Å². The summed E-state index contributed by atoms with van der Waals surface area (Å²) in [6.07, 6.45) is 3.95. The molecule has 1 fully saturated rings. The Morgan fingerprint density at radius 3 is 2.35 bits per heavy atom. The fourth-order valence-electron chi connectivity index (χ4n) is 2.75. The van der Waals surface area contributed by atoms with Crippen LogP contribution < -0.4 is 5.73 Å². The first kappa shape index (κ1) is 17.0. The highest BCUT2D eigenvalue weighted by atomic mass is 35.5. The monoisotopic (exact) mass is 299 g/mol. The molecule has 1 aromatic carbocycles. The molecule has 0 bridgehead atoms. The first-order valence-corrected chi connectivity index (χ1v) is 6.75. The molecule has 0 aromatic heterocycles. The van der Waals surface area contributed by atoms with Gasteiger partial charge in [0.1, 0.15) is 0 Å². The predicted octanol–water partition coefficient (Wildman–Crippen LogP) is 2.45. The minimum Gasteiger partial charge on any atom is -0.465 e. The number of halogens is 1. The number of methoxy groups -OCH3 is 1. The molecule has 2 atom stereocenters. The molecule has 1 saturated carbocycles. The summed E-state index contributed by atoms with van der Waals surface area (Å²) in [5.41, 5.74) is 7.46. The Kier molecular flexibility index (Phi) is 6.46. The van der Waals surface area contributed by atoms with E-state index in [9.17, 15) is 9.90 Å². The molecular weight excluding hydrogens is 278 g/mol. The number of aliphatic hydroxyl groups excluding tert-OH is 1. The lowest BCUT2D eigenvalue weighted by Gasteiger charge is -2.24. The van der Waals surface area contributed by atoms with Gasteiger partial charge in [0.25, 0.3) is 0 Å². The van der Waals surface area contributed by atoms with Crippen molar-refractivity contribution in [3.05, 3.63) is 35.4 Å². The maximum atomic E-state index is 11.3. The number of hydrogen-bond donors (Lipinski definition) is 2. The predicted molar refractivity (Wildman–Crippen MR) is 79.9 cm³/mol. The Labute approximate surface area is 125 Å². The lowest BCUT2D eigenvalue weighted by molar-refractivity contribution is 0.0600. The van der Waals surface area contributed by atoms with E-state index < -0.39 is 12.1 Å². The molecule has 2 rings (SSSR count). The van der Waals surface area contributed by atoms with Crippen molar-refractivity contribution in [1.82, 2.24) is 0 Å². The summed E-state index contributed by atoms with van der Waals surface area (Å²) in [4.78, 5) is 11.3. The number of aliphatic hydroxyl groups is 1. The molecule has 0 spiro atoms. The molecule has 1 aliphatic carbocycles. The van der Waals surface area contributed by atoms with E-state index in [1.807, 2.05) is 0 Å². The lowest BCUT2D eigenvalue weighted by atomic mass is 9.90. The summed E-state index contributed by atoms with van der Waals surface area (Å²) in [5, 5.41) is 10.3. The van der Waals surface area contributed by atoms with Crippen molar-refractivity contribution in [2.24, 2.45) is 11.7 Å². The highest BCUT2D eigenvalue weighted by molar-refractivity contribution is 5.89. The van der Waals surface area contributed by atoms with Crippen molar-refractivity contribution in [3.8, 4) is 0 Å². The molecule has 112 valence electrons. The number of nitrogens with two attached hydrogens (primary N) is 1. The Bertz CT molecular complexity index is 429. The molecule has 0 aliphatic heterocycles. The van der Waals surface area contributed by atoms with Crippen molar-refractivity contribution in [3.63, 3.8) is 0 Å². The molecule has 20 heavy (non-hydrogen) atoms. The van der Waals surface area contributed by atoms with Crippen LogP contribution in [0.2, 0.25) is 0 Å². The van der Waals surface area contributed by atoms with Crippen LogP contribution >= 0.6 is 12.4 Å². The van der Waals surface area contributed by atoms with Gasteiger partial charge in [0.2, 0.25) is 0 Å². The highest BCUT2D eigenvalue weighted by Gasteiger charge is 2.28. The van der Waals surface area contributed by atoms with Crippen molar-refractivity contribution in [2.45, 2.75) is 37.8 Å². The summed E-state index contributed by atoms with van der Waals surface area (Å²) in [6, 6.07) is 6.55. The maximum absolute atomic E-state index is 11.3. The number of hydrogen-bond acceptors (Lipinski definition) is 4. The topological polar surface area (TPSA) is 72.5 Å². The fraction of sp³-hybridized carbons (Fsp3) is 0.533. The third-order valence-corrected chi connectivity index (χ3v) is 3.97.